The Hall–Kier alpha value is -3.59. The zero-order valence-electron chi connectivity index (χ0n) is 25.4. The summed E-state index contributed by atoms with van der Waals surface area (Å²) in [7, 11) is -0.178. The third-order valence-corrected chi connectivity index (χ3v) is 10.4. The van der Waals surface area contributed by atoms with Gasteiger partial charge in [-0.15, -0.1) is 0 Å². The van der Waals surface area contributed by atoms with E-state index in [-0.39, 0.29) is 55.8 Å². The number of alkyl halides is 3. The van der Waals surface area contributed by atoms with Gasteiger partial charge in [0.1, 0.15) is 11.4 Å². The summed E-state index contributed by atoms with van der Waals surface area (Å²) in [6.45, 7) is 4.22. The molecule has 0 saturated carbocycles. The lowest BCUT2D eigenvalue weighted by atomic mass is 9.89. The Kier molecular flexibility index (Phi) is 8.72. The highest BCUT2D eigenvalue weighted by molar-refractivity contribution is 7.92. The molecule has 0 radical (unpaired) electrons. The van der Waals surface area contributed by atoms with Crippen molar-refractivity contribution in [3.63, 3.8) is 0 Å². The molecule has 3 heterocycles. The maximum atomic E-state index is 13.3. The van der Waals surface area contributed by atoms with Crippen LogP contribution in [-0.2, 0) is 21.0 Å². The number of β-amino-alcohol motifs (C(OH)–C–C–N with tert-alkyl or cyclic N) is 1. The minimum atomic E-state index is -4.55. The highest BCUT2D eigenvalue weighted by atomic mass is 32.2. The number of hydrogen-bond acceptors (Lipinski definition) is 7. The molecule has 5 rings (SSSR count). The van der Waals surface area contributed by atoms with E-state index in [4.69, 9.17) is 0 Å². The summed E-state index contributed by atoms with van der Waals surface area (Å²) < 4.78 is 67.3. The number of nitrogens with zero attached hydrogens (tertiary/aromatic N) is 4. The molecule has 3 aliphatic rings. The Labute approximate surface area is 260 Å². The van der Waals surface area contributed by atoms with Gasteiger partial charge in [0.2, 0.25) is 10.0 Å². The van der Waals surface area contributed by atoms with Crippen LogP contribution >= 0.6 is 0 Å². The normalized spacial score (nSPS) is 22.5. The van der Waals surface area contributed by atoms with Crippen LogP contribution < -0.4 is 5.32 Å². The summed E-state index contributed by atoms with van der Waals surface area (Å²) in [4.78, 5) is 34.0. The smallest absolute Gasteiger partial charge is 0.390 e. The van der Waals surface area contributed by atoms with E-state index in [0.29, 0.717) is 28.8 Å². The number of aliphatic hydroxyl groups excluding tert-OH is 1. The van der Waals surface area contributed by atoms with Crippen LogP contribution in [-0.4, -0.2) is 103 Å². The van der Waals surface area contributed by atoms with Crippen LogP contribution in [0.3, 0.4) is 0 Å². The maximum absolute atomic E-state index is 13.3. The zero-order chi connectivity index (χ0) is 32.9. The van der Waals surface area contributed by atoms with Crippen LogP contribution in [0.1, 0.15) is 51.0 Å². The van der Waals surface area contributed by atoms with Crippen molar-refractivity contribution in [3.05, 3.63) is 75.2 Å². The third-order valence-electron chi connectivity index (χ3n) is 8.81. The quantitative estimate of drug-likeness (QED) is 0.498. The zero-order valence-corrected chi connectivity index (χ0v) is 26.2. The van der Waals surface area contributed by atoms with Gasteiger partial charge in [-0.2, -0.15) is 17.5 Å². The van der Waals surface area contributed by atoms with E-state index >= 15 is 0 Å². The highest BCUT2D eigenvalue weighted by Gasteiger charge is 2.47. The summed E-state index contributed by atoms with van der Waals surface area (Å²) in [5, 5.41) is 14.0. The summed E-state index contributed by atoms with van der Waals surface area (Å²) in [5.41, 5.74) is 0.548. The Morgan fingerprint density at radius 3 is 2.33 bits per heavy atom. The monoisotopic (exact) mass is 647 g/mol. The largest absolute Gasteiger partial charge is 0.416 e. The molecule has 45 heavy (non-hydrogen) atoms. The van der Waals surface area contributed by atoms with E-state index in [9.17, 15) is 36.3 Å². The maximum Gasteiger partial charge on any atom is 0.416 e. The fourth-order valence-electron chi connectivity index (χ4n) is 6.17. The van der Waals surface area contributed by atoms with E-state index in [1.807, 2.05) is 19.0 Å². The first-order chi connectivity index (χ1) is 21.0. The molecule has 2 aromatic rings. The van der Waals surface area contributed by atoms with E-state index in [2.05, 4.69) is 10.3 Å². The number of likely N-dealkylation sites (N-methyl/N-ethyl adjacent to an activating group) is 1. The van der Waals surface area contributed by atoms with Gasteiger partial charge in [0.05, 0.1) is 17.7 Å². The standard InChI is InChI=1S/C31H36F3N5O5S/c1-19-14-22(28(41)38-17-25(37(3)4)26(40)18-38)15-20(2)24(19)8-13-45(43,44)39-11-9-30(10-12-39)29(42)35-27(36-30)21-6-5-7-23(16-21)31(32,33)34/h5-8,13-16,25-26,40H,9-12,17-18H2,1-4H3,(H,35,36,42)/t25-,26-/m1/s1. The molecule has 2 aromatic carbocycles. The summed E-state index contributed by atoms with van der Waals surface area (Å²) >= 11 is 0. The van der Waals surface area contributed by atoms with E-state index < -0.39 is 39.3 Å². The molecule has 0 unspecified atom stereocenters. The summed E-state index contributed by atoms with van der Waals surface area (Å²) in [5.74, 6) is -0.637. The van der Waals surface area contributed by atoms with Gasteiger partial charge in [0, 0.05) is 42.7 Å². The van der Waals surface area contributed by atoms with Crippen LogP contribution in [0.2, 0.25) is 0 Å². The van der Waals surface area contributed by atoms with Gasteiger partial charge in [0.15, 0.2) is 0 Å². The number of aliphatic hydroxyl groups is 1. The molecule has 2 amide bonds. The molecule has 2 fully saturated rings. The number of hydrogen-bond donors (Lipinski definition) is 2. The van der Waals surface area contributed by atoms with Crippen LogP contribution in [0.15, 0.2) is 46.8 Å². The molecule has 0 aromatic heterocycles. The predicted molar refractivity (Wildman–Crippen MR) is 163 cm³/mol. The van der Waals surface area contributed by atoms with Gasteiger partial charge in [-0.3, -0.25) is 14.6 Å². The third kappa shape index (κ3) is 6.55. The number of nitrogens with one attached hydrogen (secondary N) is 1. The van der Waals surface area contributed by atoms with Crippen molar-refractivity contribution < 1.29 is 36.3 Å². The average Bonchev–Trinajstić information content (AvgIpc) is 3.51. The highest BCUT2D eigenvalue weighted by Crippen LogP contribution is 2.34. The van der Waals surface area contributed by atoms with E-state index in [1.165, 1.54) is 22.5 Å². The van der Waals surface area contributed by atoms with Crippen molar-refractivity contribution in [3.8, 4) is 0 Å². The SMILES string of the molecule is Cc1cc(C(=O)N2C[C@@H](O)[C@H](N(C)C)C2)cc(C)c1C=CS(=O)(=O)N1CCC2(CC1)N=C(c1cccc(C(F)(F)F)c1)NC2=O. The van der Waals surface area contributed by atoms with Gasteiger partial charge >= 0.3 is 6.18 Å². The first-order valence-electron chi connectivity index (χ1n) is 14.5. The van der Waals surface area contributed by atoms with Crippen LogP contribution in [0.4, 0.5) is 13.2 Å². The van der Waals surface area contributed by atoms with Crippen LogP contribution in [0, 0.1) is 13.8 Å². The lowest BCUT2D eigenvalue weighted by Gasteiger charge is -2.34. The second-order valence-electron chi connectivity index (χ2n) is 12.1. The summed E-state index contributed by atoms with van der Waals surface area (Å²) in [6, 6.07) is 7.80. The molecule has 14 heteroatoms. The number of likely N-dealkylation sites (tertiary alicyclic amines) is 1. The number of rotatable bonds is 6. The predicted octanol–water partition coefficient (Wildman–Crippen LogP) is 2.78. The molecule has 2 atom stereocenters. The fraction of sp³-hybridized carbons (Fsp3) is 0.452. The number of benzene rings is 2. The second-order valence-corrected chi connectivity index (χ2v) is 13.9. The molecule has 0 aliphatic carbocycles. The molecule has 1 spiro atoms. The molecular formula is C31H36F3N5O5S. The molecule has 242 valence electrons. The van der Waals surface area contributed by atoms with Crippen LogP contribution in [0.5, 0.6) is 0 Å². The van der Waals surface area contributed by atoms with Gasteiger partial charge in [-0.25, -0.2) is 8.42 Å². The van der Waals surface area contributed by atoms with Gasteiger partial charge in [0.25, 0.3) is 11.8 Å². The Balaban J connectivity index is 1.27. The number of amidine groups is 1. The van der Waals surface area contributed by atoms with Gasteiger partial charge in [-0.05, 0) is 87.8 Å². The van der Waals surface area contributed by atoms with Crippen molar-refractivity contribution in [1.29, 1.82) is 0 Å². The van der Waals surface area contributed by atoms with E-state index in [0.717, 1.165) is 17.5 Å². The molecule has 2 saturated heterocycles. The molecule has 3 aliphatic heterocycles. The second kappa shape index (κ2) is 12.0. The Morgan fingerprint density at radius 1 is 1.11 bits per heavy atom. The van der Waals surface area contributed by atoms with Crippen molar-refractivity contribution in [2.24, 2.45) is 4.99 Å². The summed E-state index contributed by atoms with van der Waals surface area (Å²) in [6.07, 6.45) is -3.55. The number of aryl methyl sites for hydroxylation is 2. The first kappa shape index (κ1) is 32.8. The number of carbonyl (C=O) groups is 2. The minimum absolute atomic E-state index is 0.000493. The fourth-order valence-corrected chi connectivity index (χ4v) is 7.34. The lowest BCUT2D eigenvalue weighted by Crippen LogP contribution is -2.50. The number of sulfonamides is 1. The van der Waals surface area contributed by atoms with Gasteiger partial charge in [-0.1, -0.05) is 12.1 Å². The number of aliphatic imine (C=N–C) groups is 1. The van der Waals surface area contributed by atoms with Crippen molar-refractivity contribution in [2.45, 2.75) is 50.6 Å². The van der Waals surface area contributed by atoms with Crippen molar-refractivity contribution >= 4 is 33.7 Å². The van der Waals surface area contributed by atoms with Crippen LogP contribution in [0.25, 0.3) is 6.08 Å². The number of amides is 2. The molecule has 0 bridgehead atoms. The van der Waals surface area contributed by atoms with Crippen molar-refractivity contribution in [2.75, 3.05) is 40.3 Å². The number of halogens is 3. The first-order valence-corrected chi connectivity index (χ1v) is 16.0. The van der Waals surface area contributed by atoms with E-state index in [1.54, 1.807) is 30.9 Å². The van der Waals surface area contributed by atoms with Crippen molar-refractivity contribution in [1.82, 2.24) is 19.4 Å². The topological polar surface area (TPSA) is 123 Å². The number of carbonyl (C=O) groups excluding carboxylic acids is 2. The average molecular weight is 648 g/mol. The Morgan fingerprint density at radius 2 is 1.76 bits per heavy atom. The molecule has 2 N–H and O–H groups in total. The minimum Gasteiger partial charge on any atom is -0.390 e. The number of piperidine rings is 1. The molecule has 10 nitrogen and oxygen atoms in total. The Bertz CT molecular complexity index is 1660. The van der Waals surface area contributed by atoms with Gasteiger partial charge < -0.3 is 20.2 Å². The molecular weight excluding hydrogens is 611 g/mol. The lowest BCUT2D eigenvalue weighted by molar-refractivity contribution is -0.137.